The average Bonchev–Trinajstić information content (AvgIpc) is 2.56. The molecule has 17 heavy (non-hydrogen) atoms. The van der Waals surface area contributed by atoms with Crippen LogP contribution in [0.15, 0.2) is 0 Å². The van der Waals surface area contributed by atoms with E-state index in [2.05, 4.69) is 4.37 Å². The van der Waals surface area contributed by atoms with E-state index < -0.39 is 23.6 Å². The summed E-state index contributed by atoms with van der Waals surface area (Å²) in [5, 5.41) is 8.48. The Balaban J connectivity index is 3.18. The highest BCUT2D eigenvalue weighted by molar-refractivity contribution is 7.11. The molecule has 1 N–H and O–H groups in total. The van der Waals surface area contributed by atoms with Crippen LogP contribution in [0.5, 0.6) is 0 Å². The number of carboxylic acid groups (broad SMARTS) is 1. The Morgan fingerprint density at radius 2 is 1.94 bits per heavy atom. The van der Waals surface area contributed by atoms with Crippen molar-refractivity contribution in [2.75, 3.05) is 11.9 Å². The molecule has 0 aliphatic carbocycles. The molecule has 0 spiro atoms. The molecule has 1 aromatic heterocycles. The summed E-state index contributed by atoms with van der Waals surface area (Å²) in [7, 11) is 0.856. The van der Waals surface area contributed by atoms with Crippen LogP contribution < -0.4 is 4.90 Å². The summed E-state index contributed by atoms with van der Waals surface area (Å²) in [6, 6.07) is 0. The Labute approximate surface area is 97.6 Å². The monoisotopic (exact) mass is 268 g/mol. The van der Waals surface area contributed by atoms with Crippen LogP contribution in [0.2, 0.25) is 0 Å². The molecular formula is C8H7F3N2O3S. The molecule has 0 fully saturated rings. The summed E-state index contributed by atoms with van der Waals surface area (Å²) in [5.41, 5.74) is -0.325. The second-order valence-corrected chi connectivity index (χ2v) is 3.87. The van der Waals surface area contributed by atoms with Crippen molar-refractivity contribution in [1.82, 2.24) is 4.37 Å². The Bertz CT molecular complexity index is 469. The highest BCUT2D eigenvalue weighted by Crippen LogP contribution is 2.30. The van der Waals surface area contributed by atoms with E-state index in [0.29, 0.717) is 11.5 Å². The Hall–Kier alpha value is -1.64. The van der Waals surface area contributed by atoms with Crippen molar-refractivity contribution in [3.8, 4) is 0 Å². The summed E-state index contributed by atoms with van der Waals surface area (Å²) >= 11 is 0.531. The predicted molar refractivity (Wildman–Crippen MR) is 53.3 cm³/mol. The van der Waals surface area contributed by atoms with E-state index in [1.165, 1.54) is 6.92 Å². The number of hydrogen-bond donors (Lipinski definition) is 1. The van der Waals surface area contributed by atoms with Gasteiger partial charge in [-0.05, 0) is 18.5 Å². The maximum atomic E-state index is 12.2. The molecule has 0 saturated heterocycles. The topological polar surface area (TPSA) is 70.5 Å². The van der Waals surface area contributed by atoms with Gasteiger partial charge in [-0.3, -0.25) is 9.69 Å². The van der Waals surface area contributed by atoms with E-state index in [1.807, 2.05) is 0 Å². The smallest absolute Gasteiger partial charge is 0.471 e. The van der Waals surface area contributed by atoms with Crippen LogP contribution in [-0.2, 0) is 4.79 Å². The third-order valence-electron chi connectivity index (χ3n) is 1.91. The van der Waals surface area contributed by atoms with Gasteiger partial charge in [0, 0.05) is 7.05 Å². The first-order valence-corrected chi connectivity index (χ1v) is 4.98. The first kappa shape index (κ1) is 13.4. The molecule has 1 aromatic rings. The molecule has 0 radical (unpaired) electrons. The average molecular weight is 268 g/mol. The van der Waals surface area contributed by atoms with Crippen LogP contribution in [0.25, 0.3) is 0 Å². The highest BCUT2D eigenvalue weighted by Gasteiger charge is 2.43. The molecule has 94 valence electrons. The number of carboxylic acids is 1. The van der Waals surface area contributed by atoms with Gasteiger partial charge in [0.05, 0.1) is 5.69 Å². The molecule has 0 bridgehead atoms. The van der Waals surface area contributed by atoms with Crippen molar-refractivity contribution in [2.24, 2.45) is 0 Å². The third-order valence-corrected chi connectivity index (χ3v) is 2.93. The number of carbonyl (C=O) groups is 2. The zero-order valence-electron chi connectivity index (χ0n) is 8.70. The summed E-state index contributed by atoms with van der Waals surface area (Å²) in [4.78, 5) is 22.0. The molecule has 5 nitrogen and oxygen atoms in total. The van der Waals surface area contributed by atoms with Crippen molar-refractivity contribution in [2.45, 2.75) is 13.1 Å². The van der Waals surface area contributed by atoms with Crippen LogP contribution in [0.4, 0.5) is 18.2 Å². The van der Waals surface area contributed by atoms with Gasteiger partial charge in [0.2, 0.25) is 0 Å². The van der Waals surface area contributed by atoms with Crippen molar-refractivity contribution in [3.63, 3.8) is 0 Å². The molecule has 0 aliphatic heterocycles. The summed E-state index contributed by atoms with van der Waals surface area (Å²) in [6.45, 7) is 1.34. The van der Waals surface area contributed by atoms with Gasteiger partial charge >= 0.3 is 18.1 Å². The number of hydrogen-bond acceptors (Lipinski definition) is 4. The fourth-order valence-electron chi connectivity index (χ4n) is 1.12. The lowest BCUT2D eigenvalue weighted by molar-refractivity contribution is -0.170. The van der Waals surface area contributed by atoms with Crippen LogP contribution in [0.3, 0.4) is 0 Å². The van der Waals surface area contributed by atoms with Gasteiger partial charge in [0.25, 0.3) is 0 Å². The second-order valence-electron chi connectivity index (χ2n) is 3.12. The Morgan fingerprint density at radius 3 is 2.35 bits per heavy atom. The zero-order valence-corrected chi connectivity index (χ0v) is 9.52. The first-order chi connectivity index (χ1) is 7.66. The summed E-state index contributed by atoms with van der Waals surface area (Å²) < 4.78 is 40.1. The Kier molecular flexibility index (Phi) is 3.41. The number of halogens is 3. The van der Waals surface area contributed by atoms with Gasteiger partial charge in [0.1, 0.15) is 10.6 Å². The molecule has 1 heterocycles. The molecule has 0 unspecified atom stereocenters. The fourth-order valence-corrected chi connectivity index (χ4v) is 1.96. The van der Waals surface area contributed by atoms with E-state index in [0.717, 1.165) is 7.05 Å². The lowest BCUT2D eigenvalue weighted by Crippen LogP contribution is -2.38. The van der Waals surface area contributed by atoms with Crippen molar-refractivity contribution >= 4 is 28.4 Å². The zero-order chi connectivity index (χ0) is 13.4. The number of anilines is 1. The van der Waals surface area contributed by atoms with E-state index in [1.54, 1.807) is 0 Å². The number of alkyl halides is 3. The van der Waals surface area contributed by atoms with Gasteiger partial charge in [0.15, 0.2) is 0 Å². The first-order valence-electron chi connectivity index (χ1n) is 4.20. The molecule has 0 atom stereocenters. The van der Waals surface area contributed by atoms with Gasteiger partial charge in [-0.2, -0.15) is 17.5 Å². The van der Waals surface area contributed by atoms with Crippen LogP contribution >= 0.6 is 11.5 Å². The van der Waals surface area contributed by atoms with Crippen LogP contribution in [-0.4, -0.2) is 34.6 Å². The molecule has 9 heteroatoms. The van der Waals surface area contributed by atoms with Crippen molar-refractivity contribution in [1.29, 1.82) is 0 Å². The molecule has 0 saturated carbocycles. The van der Waals surface area contributed by atoms with Gasteiger partial charge in [-0.1, -0.05) is 0 Å². The van der Waals surface area contributed by atoms with Gasteiger partial charge in [-0.15, -0.1) is 0 Å². The number of nitrogens with zero attached hydrogens (tertiary/aromatic N) is 2. The van der Waals surface area contributed by atoms with Crippen LogP contribution in [0.1, 0.15) is 16.1 Å². The normalized spacial score (nSPS) is 11.4. The van der Waals surface area contributed by atoms with Crippen molar-refractivity contribution < 1.29 is 27.9 Å². The lowest BCUT2D eigenvalue weighted by Gasteiger charge is -2.17. The summed E-state index contributed by atoms with van der Waals surface area (Å²) in [6.07, 6.45) is -5.05. The number of amides is 1. The number of aryl methyl sites for hydroxylation is 1. The number of aromatic nitrogens is 1. The quantitative estimate of drug-likeness (QED) is 0.885. The number of rotatable bonds is 2. The molecule has 1 rings (SSSR count). The predicted octanol–water partition coefficient (Wildman–Crippen LogP) is 1.67. The molecular weight excluding hydrogens is 261 g/mol. The van der Waals surface area contributed by atoms with Gasteiger partial charge < -0.3 is 5.11 Å². The van der Waals surface area contributed by atoms with Crippen molar-refractivity contribution in [3.05, 3.63) is 11.3 Å². The lowest BCUT2D eigenvalue weighted by atomic mass is 10.2. The number of carbonyl (C=O) groups excluding carboxylic acids is 1. The summed E-state index contributed by atoms with van der Waals surface area (Å²) in [5.74, 6) is -3.56. The highest BCUT2D eigenvalue weighted by atomic mass is 32.1. The molecule has 0 aromatic carbocycles. The standard InChI is InChI=1S/C8H7F3N2O3S/c1-3-4(6(14)15)5(17-12-3)13(2)7(16)8(9,10)11/h1-2H3,(H,14,15). The van der Waals surface area contributed by atoms with E-state index in [9.17, 15) is 22.8 Å². The third kappa shape index (κ3) is 2.54. The van der Waals surface area contributed by atoms with Crippen LogP contribution in [0, 0.1) is 6.92 Å². The van der Waals surface area contributed by atoms with E-state index in [4.69, 9.17) is 5.11 Å². The molecule has 1 amide bonds. The van der Waals surface area contributed by atoms with E-state index >= 15 is 0 Å². The fraction of sp³-hybridized carbons (Fsp3) is 0.375. The number of aromatic carboxylic acids is 1. The largest absolute Gasteiger partial charge is 0.478 e. The van der Waals surface area contributed by atoms with Gasteiger partial charge in [-0.25, -0.2) is 4.79 Å². The minimum Gasteiger partial charge on any atom is -0.478 e. The molecule has 0 aliphatic rings. The maximum absolute atomic E-state index is 12.2. The van der Waals surface area contributed by atoms with E-state index in [-0.39, 0.29) is 15.6 Å². The minimum absolute atomic E-state index is 0.0688. The maximum Gasteiger partial charge on any atom is 0.471 e. The SMILES string of the molecule is Cc1nsc(N(C)C(=O)C(F)(F)F)c1C(=O)O. The second kappa shape index (κ2) is 4.32. The Morgan fingerprint density at radius 1 is 1.41 bits per heavy atom. The minimum atomic E-state index is -5.05.